The Morgan fingerprint density at radius 3 is 2.66 bits per heavy atom. The Morgan fingerprint density at radius 1 is 1.24 bits per heavy atom. The molecular formula is C24H36N2O3. The van der Waals surface area contributed by atoms with Gasteiger partial charge in [-0.3, -0.25) is 4.79 Å². The molecule has 0 saturated heterocycles. The van der Waals surface area contributed by atoms with Crippen molar-refractivity contribution in [2.24, 2.45) is 5.92 Å². The number of furan rings is 1. The summed E-state index contributed by atoms with van der Waals surface area (Å²) in [4.78, 5) is 15.1. The second kappa shape index (κ2) is 9.21. The number of aliphatic hydroxyl groups is 1. The molecule has 1 aromatic carbocycles. The Labute approximate surface area is 174 Å². The van der Waals surface area contributed by atoms with Crippen molar-refractivity contribution in [2.45, 2.75) is 84.4 Å². The summed E-state index contributed by atoms with van der Waals surface area (Å²) in [6, 6.07) is 3.65. The smallest absolute Gasteiger partial charge is 0.243 e. The number of carbonyl (C=O) groups excluding carboxylic acids is 1. The summed E-state index contributed by atoms with van der Waals surface area (Å²) in [6.07, 6.45) is 7.59. The fraction of sp³-hybridized carbons (Fsp3) is 0.625. The van der Waals surface area contributed by atoms with Gasteiger partial charge in [-0.15, -0.1) is 0 Å². The molecule has 5 nitrogen and oxygen atoms in total. The third-order valence-electron chi connectivity index (χ3n) is 6.20. The highest BCUT2D eigenvalue weighted by atomic mass is 16.3. The number of amides is 1. The lowest BCUT2D eigenvalue weighted by Gasteiger charge is -2.33. The average molecular weight is 401 g/mol. The molecule has 160 valence electrons. The summed E-state index contributed by atoms with van der Waals surface area (Å²) in [5, 5.41) is 14.5. The van der Waals surface area contributed by atoms with Crippen LogP contribution in [-0.2, 0) is 17.6 Å². The molecule has 3 rings (SSSR count). The first-order valence-corrected chi connectivity index (χ1v) is 11.1. The average Bonchev–Trinajstić information content (AvgIpc) is 3.09. The topological polar surface area (TPSA) is 65.7 Å². The van der Waals surface area contributed by atoms with E-state index in [-0.39, 0.29) is 23.9 Å². The van der Waals surface area contributed by atoms with Gasteiger partial charge >= 0.3 is 0 Å². The standard InChI is InChI=1S/C24H36N2O3/c1-6-7-8-9-10-17-11-12-20-21-18(14-29-23(17)21)13-19(16(4)27)25-24(28)22(15(2)3)26(20)5/h11-12,14-16,19,22,27H,6-10,13H2,1-5H3,(H,25,28)/t16-,19+,22+/m1/s1. The molecule has 2 N–H and O–H groups in total. The van der Waals surface area contributed by atoms with Crippen LogP contribution in [0.1, 0.15) is 64.5 Å². The summed E-state index contributed by atoms with van der Waals surface area (Å²) in [5.74, 6) is 0.0964. The highest BCUT2D eigenvalue weighted by Crippen LogP contribution is 2.37. The molecule has 0 aliphatic carbocycles. The lowest BCUT2D eigenvalue weighted by atomic mass is 9.97. The molecule has 1 aromatic heterocycles. The molecule has 5 heteroatoms. The van der Waals surface area contributed by atoms with Crippen LogP contribution in [0.5, 0.6) is 0 Å². The molecule has 2 aromatic rings. The van der Waals surface area contributed by atoms with E-state index in [0.29, 0.717) is 6.42 Å². The maximum Gasteiger partial charge on any atom is 0.243 e. The van der Waals surface area contributed by atoms with Gasteiger partial charge in [-0.25, -0.2) is 0 Å². The maximum atomic E-state index is 13.1. The van der Waals surface area contributed by atoms with Gasteiger partial charge in [0.1, 0.15) is 11.6 Å². The number of anilines is 1. The normalized spacial score (nSPS) is 21.1. The Hall–Kier alpha value is -2.01. The van der Waals surface area contributed by atoms with E-state index in [0.717, 1.165) is 35.1 Å². The molecule has 0 fully saturated rings. The molecule has 3 atom stereocenters. The van der Waals surface area contributed by atoms with Crippen LogP contribution in [0.2, 0.25) is 0 Å². The summed E-state index contributed by atoms with van der Waals surface area (Å²) < 4.78 is 6.08. The first-order valence-electron chi connectivity index (χ1n) is 11.1. The van der Waals surface area contributed by atoms with E-state index in [4.69, 9.17) is 4.42 Å². The Kier molecular flexibility index (Phi) is 6.89. The van der Waals surface area contributed by atoms with Crippen molar-refractivity contribution in [1.29, 1.82) is 0 Å². The third-order valence-corrected chi connectivity index (χ3v) is 6.20. The Morgan fingerprint density at radius 2 is 2.00 bits per heavy atom. The number of hydrogen-bond acceptors (Lipinski definition) is 4. The minimum absolute atomic E-state index is 0.0349. The zero-order valence-corrected chi connectivity index (χ0v) is 18.5. The van der Waals surface area contributed by atoms with Crippen molar-refractivity contribution >= 4 is 22.6 Å². The fourth-order valence-electron chi connectivity index (χ4n) is 4.56. The molecule has 1 aliphatic rings. The number of nitrogens with one attached hydrogen (secondary N) is 1. The van der Waals surface area contributed by atoms with Crippen molar-refractivity contribution < 1.29 is 14.3 Å². The SMILES string of the molecule is CCCCCCc1ccc2c3c(coc13)C[C@@H]([C@@H](C)O)NC(=O)[C@H](C(C)C)N2C. The number of benzene rings is 1. The van der Waals surface area contributed by atoms with Crippen LogP contribution >= 0.6 is 0 Å². The Bertz CT molecular complexity index is 840. The first kappa shape index (κ1) is 21.7. The number of likely N-dealkylation sites (N-methyl/N-ethyl adjacent to an activating group) is 1. The molecule has 0 bridgehead atoms. The minimum Gasteiger partial charge on any atom is -0.464 e. The predicted molar refractivity (Wildman–Crippen MR) is 118 cm³/mol. The number of hydrogen-bond donors (Lipinski definition) is 2. The second-order valence-electron chi connectivity index (χ2n) is 8.88. The lowest BCUT2D eigenvalue weighted by Crippen LogP contribution is -2.53. The van der Waals surface area contributed by atoms with Crippen LogP contribution in [0.3, 0.4) is 0 Å². The van der Waals surface area contributed by atoms with Gasteiger partial charge in [-0.1, -0.05) is 46.1 Å². The second-order valence-corrected chi connectivity index (χ2v) is 8.88. The van der Waals surface area contributed by atoms with Gasteiger partial charge in [-0.2, -0.15) is 0 Å². The Balaban J connectivity index is 2.08. The van der Waals surface area contributed by atoms with Crippen LogP contribution in [0.25, 0.3) is 11.0 Å². The van der Waals surface area contributed by atoms with E-state index in [1.807, 2.05) is 13.3 Å². The number of unbranched alkanes of at least 4 members (excludes halogenated alkanes) is 3. The van der Waals surface area contributed by atoms with Crippen LogP contribution in [0, 0.1) is 5.92 Å². The predicted octanol–water partition coefficient (Wildman–Crippen LogP) is 4.44. The number of nitrogens with zero attached hydrogens (tertiary/aromatic N) is 1. The van der Waals surface area contributed by atoms with E-state index in [1.165, 1.54) is 24.8 Å². The van der Waals surface area contributed by atoms with E-state index in [1.54, 1.807) is 6.92 Å². The summed E-state index contributed by atoms with van der Waals surface area (Å²) in [5.41, 5.74) is 4.24. The lowest BCUT2D eigenvalue weighted by molar-refractivity contribution is -0.124. The number of rotatable bonds is 7. The third kappa shape index (κ3) is 4.45. The zero-order valence-electron chi connectivity index (χ0n) is 18.5. The van der Waals surface area contributed by atoms with Crippen molar-refractivity contribution in [3.63, 3.8) is 0 Å². The molecule has 0 unspecified atom stereocenters. The van der Waals surface area contributed by atoms with Crippen LogP contribution in [-0.4, -0.2) is 36.2 Å². The summed E-state index contributed by atoms with van der Waals surface area (Å²) in [6.45, 7) is 8.08. The van der Waals surface area contributed by atoms with Crippen LogP contribution in [0.15, 0.2) is 22.8 Å². The van der Waals surface area contributed by atoms with E-state index >= 15 is 0 Å². The quantitative estimate of drug-likeness (QED) is 0.675. The highest BCUT2D eigenvalue weighted by Gasteiger charge is 2.33. The van der Waals surface area contributed by atoms with Gasteiger partial charge in [0.25, 0.3) is 0 Å². The van der Waals surface area contributed by atoms with Gasteiger partial charge in [0.15, 0.2) is 0 Å². The highest BCUT2D eigenvalue weighted by molar-refractivity contribution is 5.98. The molecular weight excluding hydrogens is 364 g/mol. The summed E-state index contributed by atoms with van der Waals surface area (Å²) >= 11 is 0. The zero-order chi connectivity index (χ0) is 21.1. The number of aryl methyl sites for hydroxylation is 1. The van der Waals surface area contributed by atoms with E-state index < -0.39 is 6.10 Å². The van der Waals surface area contributed by atoms with Crippen molar-refractivity contribution in [2.75, 3.05) is 11.9 Å². The summed E-state index contributed by atoms with van der Waals surface area (Å²) in [7, 11) is 1.99. The van der Waals surface area contributed by atoms with E-state index in [2.05, 4.69) is 43.1 Å². The van der Waals surface area contributed by atoms with Gasteiger partial charge in [-0.05, 0) is 43.7 Å². The van der Waals surface area contributed by atoms with Gasteiger partial charge in [0.2, 0.25) is 5.91 Å². The first-order chi connectivity index (χ1) is 13.8. The van der Waals surface area contributed by atoms with Crippen molar-refractivity contribution in [1.82, 2.24) is 5.32 Å². The number of aliphatic hydroxyl groups excluding tert-OH is 1. The number of carbonyl (C=O) groups is 1. The van der Waals surface area contributed by atoms with Crippen molar-refractivity contribution in [3.05, 3.63) is 29.5 Å². The fourth-order valence-corrected chi connectivity index (χ4v) is 4.56. The minimum atomic E-state index is -0.638. The largest absolute Gasteiger partial charge is 0.464 e. The van der Waals surface area contributed by atoms with Crippen LogP contribution in [0.4, 0.5) is 5.69 Å². The molecule has 0 saturated carbocycles. The molecule has 1 aliphatic heterocycles. The van der Waals surface area contributed by atoms with Crippen molar-refractivity contribution in [3.8, 4) is 0 Å². The molecule has 1 amide bonds. The monoisotopic (exact) mass is 400 g/mol. The van der Waals surface area contributed by atoms with E-state index in [9.17, 15) is 9.90 Å². The molecule has 29 heavy (non-hydrogen) atoms. The molecule has 0 spiro atoms. The van der Waals surface area contributed by atoms with Gasteiger partial charge in [0.05, 0.1) is 18.4 Å². The molecule has 0 radical (unpaired) electrons. The van der Waals surface area contributed by atoms with Gasteiger partial charge in [0, 0.05) is 23.7 Å². The molecule has 2 heterocycles. The van der Waals surface area contributed by atoms with Gasteiger partial charge < -0.3 is 19.7 Å². The van der Waals surface area contributed by atoms with Crippen LogP contribution < -0.4 is 10.2 Å². The maximum absolute atomic E-state index is 13.1.